The van der Waals surface area contributed by atoms with Crippen LogP contribution >= 0.6 is 0 Å². The largest absolute Gasteiger partial charge is 0.501 e. The monoisotopic (exact) mass is 478 g/mol. The van der Waals surface area contributed by atoms with Crippen molar-refractivity contribution in [3.63, 3.8) is 0 Å². The van der Waals surface area contributed by atoms with Gasteiger partial charge in [-0.2, -0.15) is 23.3 Å². The van der Waals surface area contributed by atoms with E-state index in [4.69, 9.17) is 4.52 Å². The summed E-state index contributed by atoms with van der Waals surface area (Å²) in [5, 5.41) is 11.2. The predicted octanol–water partition coefficient (Wildman–Crippen LogP) is 3.69. The highest BCUT2D eigenvalue weighted by Gasteiger charge is 2.46. The molecule has 172 valence electrons. The Balaban J connectivity index is 1.54. The average Bonchev–Trinajstić information content (AvgIpc) is 3.41. The number of halogens is 3. The van der Waals surface area contributed by atoms with Gasteiger partial charge in [-0.1, -0.05) is 11.2 Å². The molecule has 4 rings (SSSR count). The lowest BCUT2D eigenvalue weighted by molar-refractivity contribution is -0.0436. The van der Waals surface area contributed by atoms with Crippen molar-refractivity contribution in [3.05, 3.63) is 59.9 Å². The van der Waals surface area contributed by atoms with E-state index in [0.717, 1.165) is 29.2 Å². The number of benzene rings is 1. The van der Waals surface area contributed by atoms with Gasteiger partial charge in [0.1, 0.15) is 5.82 Å². The molecule has 0 aliphatic carbocycles. The van der Waals surface area contributed by atoms with Gasteiger partial charge >= 0.3 is 5.51 Å². The van der Waals surface area contributed by atoms with Gasteiger partial charge in [0, 0.05) is 24.5 Å². The molecular weight excluding hydrogens is 461 g/mol. The molecular formula is C20H17F3N6O3S. The number of alkyl halides is 3. The summed E-state index contributed by atoms with van der Waals surface area (Å²) in [4.78, 5) is 7.63. The number of sulfone groups is 1. The van der Waals surface area contributed by atoms with Crippen LogP contribution in [0.3, 0.4) is 0 Å². The van der Waals surface area contributed by atoms with Gasteiger partial charge in [0.25, 0.3) is 15.7 Å². The SMILES string of the molecule is CNc1ccc(Cn2nc(-c3nc(-c4ccc(S(=O)(=O)C(F)(F)F)cc4)no3)cc2C)cn1. The Bertz CT molecular complexity index is 1380. The van der Waals surface area contributed by atoms with Crippen LogP contribution in [0.15, 0.2) is 58.1 Å². The van der Waals surface area contributed by atoms with Crippen molar-refractivity contribution < 1.29 is 26.1 Å². The lowest BCUT2D eigenvalue weighted by Gasteiger charge is -2.07. The Hall–Kier alpha value is -3.74. The number of nitrogens with one attached hydrogen (secondary N) is 1. The number of nitrogens with zero attached hydrogens (tertiary/aromatic N) is 5. The van der Waals surface area contributed by atoms with Gasteiger partial charge in [0.2, 0.25) is 5.82 Å². The summed E-state index contributed by atoms with van der Waals surface area (Å²) in [6.07, 6.45) is 1.74. The number of hydrogen-bond donors (Lipinski definition) is 1. The number of rotatable bonds is 6. The van der Waals surface area contributed by atoms with Crippen LogP contribution in [0.2, 0.25) is 0 Å². The summed E-state index contributed by atoms with van der Waals surface area (Å²) in [5.74, 6) is 0.946. The smallest absolute Gasteiger partial charge is 0.373 e. The molecule has 0 unspecified atom stereocenters. The minimum Gasteiger partial charge on any atom is -0.373 e. The molecule has 1 aromatic carbocycles. The highest BCUT2D eigenvalue weighted by molar-refractivity contribution is 7.92. The number of anilines is 1. The van der Waals surface area contributed by atoms with Crippen molar-refractivity contribution in [2.45, 2.75) is 23.9 Å². The van der Waals surface area contributed by atoms with Crippen LogP contribution in [0.4, 0.5) is 19.0 Å². The molecule has 0 bridgehead atoms. The van der Waals surface area contributed by atoms with Crippen LogP contribution in [-0.2, 0) is 16.4 Å². The lowest BCUT2D eigenvalue weighted by atomic mass is 10.2. The maximum absolute atomic E-state index is 12.7. The van der Waals surface area contributed by atoms with E-state index in [9.17, 15) is 21.6 Å². The average molecular weight is 478 g/mol. The first kappa shape index (κ1) is 22.5. The molecule has 1 N–H and O–H groups in total. The van der Waals surface area contributed by atoms with Crippen LogP contribution in [-0.4, -0.2) is 45.9 Å². The zero-order valence-electron chi connectivity index (χ0n) is 17.3. The Morgan fingerprint density at radius 3 is 2.45 bits per heavy atom. The Morgan fingerprint density at radius 1 is 1.12 bits per heavy atom. The number of aryl methyl sites for hydroxylation is 1. The normalized spacial score (nSPS) is 12.2. The molecule has 0 fully saturated rings. The van der Waals surface area contributed by atoms with E-state index in [1.165, 1.54) is 12.1 Å². The van der Waals surface area contributed by atoms with Crippen molar-refractivity contribution in [2.24, 2.45) is 0 Å². The van der Waals surface area contributed by atoms with Gasteiger partial charge in [0.05, 0.1) is 11.4 Å². The Morgan fingerprint density at radius 2 is 1.85 bits per heavy atom. The van der Waals surface area contributed by atoms with Crippen LogP contribution in [0.25, 0.3) is 23.0 Å². The zero-order valence-corrected chi connectivity index (χ0v) is 18.1. The maximum atomic E-state index is 12.7. The first-order valence-corrected chi connectivity index (χ1v) is 11.0. The molecule has 0 saturated heterocycles. The van der Waals surface area contributed by atoms with E-state index in [0.29, 0.717) is 12.2 Å². The zero-order chi connectivity index (χ0) is 23.8. The first-order valence-electron chi connectivity index (χ1n) is 9.51. The molecule has 13 heteroatoms. The summed E-state index contributed by atoms with van der Waals surface area (Å²) in [6.45, 7) is 2.34. The molecule has 0 aliphatic rings. The molecule has 0 radical (unpaired) electrons. The summed E-state index contributed by atoms with van der Waals surface area (Å²) in [6, 6.07) is 9.59. The fourth-order valence-electron chi connectivity index (χ4n) is 2.98. The molecule has 4 aromatic rings. The molecule has 0 aliphatic heterocycles. The van der Waals surface area contributed by atoms with E-state index in [1.807, 2.05) is 19.1 Å². The van der Waals surface area contributed by atoms with Crippen LogP contribution in [0.5, 0.6) is 0 Å². The van der Waals surface area contributed by atoms with Crippen molar-refractivity contribution >= 4 is 15.7 Å². The molecule has 9 nitrogen and oxygen atoms in total. The van der Waals surface area contributed by atoms with E-state index in [-0.39, 0.29) is 17.3 Å². The first-order chi connectivity index (χ1) is 15.6. The molecule has 0 amide bonds. The standard InChI is InChI=1S/C20H17F3N6O3S/c1-12-9-16(27-29(12)11-13-3-8-17(24-2)25-10-13)19-26-18(28-32-19)14-4-6-15(7-5-14)33(30,31)20(21,22)23/h3-10H,11H2,1-2H3,(H,24,25). The fourth-order valence-corrected chi connectivity index (χ4v) is 3.74. The van der Waals surface area contributed by atoms with Crippen LogP contribution in [0.1, 0.15) is 11.3 Å². The van der Waals surface area contributed by atoms with E-state index in [2.05, 4.69) is 25.5 Å². The quantitative estimate of drug-likeness (QED) is 0.446. The van der Waals surface area contributed by atoms with Crippen LogP contribution < -0.4 is 5.32 Å². The summed E-state index contributed by atoms with van der Waals surface area (Å²) in [5.41, 5.74) is -2.90. The summed E-state index contributed by atoms with van der Waals surface area (Å²) >= 11 is 0. The molecule has 0 saturated carbocycles. The summed E-state index contributed by atoms with van der Waals surface area (Å²) < 4.78 is 68.1. The second kappa shape index (κ2) is 8.31. The van der Waals surface area contributed by atoms with Crippen molar-refractivity contribution in [3.8, 4) is 23.0 Å². The van der Waals surface area contributed by atoms with E-state index in [1.54, 1.807) is 24.0 Å². The highest BCUT2D eigenvalue weighted by atomic mass is 32.2. The summed E-state index contributed by atoms with van der Waals surface area (Å²) in [7, 11) is -3.65. The van der Waals surface area contributed by atoms with E-state index >= 15 is 0 Å². The molecule has 33 heavy (non-hydrogen) atoms. The lowest BCUT2D eigenvalue weighted by Crippen LogP contribution is -2.23. The fraction of sp³-hybridized carbons (Fsp3) is 0.200. The maximum Gasteiger partial charge on any atom is 0.501 e. The second-order valence-electron chi connectivity index (χ2n) is 7.03. The Labute approximate surface area is 186 Å². The van der Waals surface area contributed by atoms with Gasteiger partial charge in [-0.05, 0) is 48.9 Å². The third kappa shape index (κ3) is 4.44. The number of aromatic nitrogens is 5. The number of pyridine rings is 1. The second-order valence-corrected chi connectivity index (χ2v) is 8.97. The van der Waals surface area contributed by atoms with Crippen molar-refractivity contribution in [1.82, 2.24) is 24.9 Å². The van der Waals surface area contributed by atoms with Gasteiger partial charge in [-0.3, -0.25) is 4.68 Å². The minimum absolute atomic E-state index is 0.0833. The predicted molar refractivity (Wildman–Crippen MR) is 112 cm³/mol. The third-order valence-corrected chi connectivity index (χ3v) is 6.27. The minimum atomic E-state index is -5.43. The van der Waals surface area contributed by atoms with Gasteiger partial charge in [-0.25, -0.2) is 13.4 Å². The third-order valence-electron chi connectivity index (χ3n) is 4.77. The van der Waals surface area contributed by atoms with E-state index < -0.39 is 20.2 Å². The number of hydrogen-bond acceptors (Lipinski definition) is 8. The Kier molecular flexibility index (Phi) is 5.66. The molecule has 0 atom stereocenters. The van der Waals surface area contributed by atoms with Crippen molar-refractivity contribution in [2.75, 3.05) is 12.4 Å². The molecule has 3 aromatic heterocycles. The molecule has 0 spiro atoms. The van der Waals surface area contributed by atoms with Crippen LogP contribution in [0, 0.1) is 6.92 Å². The topological polar surface area (TPSA) is 116 Å². The van der Waals surface area contributed by atoms with Crippen molar-refractivity contribution in [1.29, 1.82) is 0 Å². The van der Waals surface area contributed by atoms with Gasteiger partial charge < -0.3 is 9.84 Å². The highest BCUT2D eigenvalue weighted by Crippen LogP contribution is 2.31. The van der Waals surface area contributed by atoms with Gasteiger partial charge in [0.15, 0.2) is 5.69 Å². The van der Waals surface area contributed by atoms with Gasteiger partial charge in [-0.15, -0.1) is 0 Å². The molecule has 3 heterocycles.